The molecule has 37 heavy (non-hydrogen) atoms. The molecular formula is C30H33F2N2O2P. The number of allylic oxidation sites excluding steroid dienone is 1. The number of halogens is 2. The zero-order chi connectivity index (χ0) is 25.9. The first-order chi connectivity index (χ1) is 18.0. The number of hydrogen-bond acceptors (Lipinski definition) is 4. The van der Waals surface area contributed by atoms with E-state index in [0.29, 0.717) is 18.4 Å². The van der Waals surface area contributed by atoms with E-state index < -0.39 is 5.82 Å². The van der Waals surface area contributed by atoms with Gasteiger partial charge in [0, 0.05) is 30.9 Å². The monoisotopic (exact) mass is 522 g/mol. The van der Waals surface area contributed by atoms with Crippen molar-refractivity contribution in [3.05, 3.63) is 82.7 Å². The van der Waals surface area contributed by atoms with Crippen LogP contribution < -0.4 is 15.8 Å². The van der Waals surface area contributed by atoms with E-state index in [4.69, 9.17) is 10.5 Å². The number of aromatic hydroxyl groups is 1. The van der Waals surface area contributed by atoms with Crippen LogP contribution in [0.25, 0.3) is 11.1 Å². The molecule has 2 unspecified atom stereocenters. The van der Waals surface area contributed by atoms with Gasteiger partial charge in [0.25, 0.3) is 0 Å². The number of nitrogens with two attached hydrogens (primary N) is 1. The number of rotatable bonds is 7. The highest BCUT2D eigenvalue weighted by atomic mass is 31.0. The molecule has 3 aromatic rings. The largest absolute Gasteiger partial charge is 0.504 e. The fourth-order valence-corrected chi connectivity index (χ4v) is 5.94. The maximum absolute atomic E-state index is 14.4. The Kier molecular flexibility index (Phi) is 7.78. The van der Waals surface area contributed by atoms with Crippen LogP contribution in [-0.2, 0) is 6.42 Å². The van der Waals surface area contributed by atoms with Crippen LogP contribution in [0.15, 0.2) is 54.6 Å². The fourth-order valence-electron chi connectivity index (χ4n) is 5.55. The number of para-hydroxylation sites is 1. The van der Waals surface area contributed by atoms with E-state index in [2.05, 4.69) is 14.1 Å². The molecule has 0 radical (unpaired) electrons. The van der Waals surface area contributed by atoms with Crippen LogP contribution in [0.2, 0.25) is 0 Å². The third kappa shape index (κ3) is 5.37. The minimum absolute atomic E-state index is 0.0886. The van der Waals surface area contributed by atoms with E-state index in [-0.39, 0.29) is 18.5 Å². The number of nitrogens with zero attached hydrogens (tertiary/aromatic N) is 1. The molecule has 1 aliphatic carbocycles. The lowest BCUT2D eigenvalue weighted by Crippen LogP contribution is -2.26. The number of phenolic OH excluding ortho intramolecular Hbond substituents is 1. The molecule has 1 fully saturated rings. The van der Waals surface area contributed by atoms with Crippen molar-refractivity contribution in [2.24, 2.45) is 0 Å². The number of fused-ring (bicyclic) bond motifs is 1. The van der Waals surface area contributed by atoms with Gasteiger partial charge in [-0.3, -0.25) is 9.29 Å². The zero-order valence-electron chi connectivity index (χ0n) is 20.9. The molecule has 3 aromatic carbocycles. The van der Waals surface area contributed by atoms with Gasteiger partial charge in [0.15, 0.2) is 11.6 Å². The molecule has 2 atom stereocenters. The third-order valence-corrected chi connectivity index (χ3v) is 8.09. The Bertz CT molecular complexity index is 1310. The van der Waals surface area contributed by atoms with Gasteiger partial charge in [0.2, 0.25) is 0 Å². The van der Waals surface area contributed by atoms with Crippen LogP contribution in [0.3, 0.4) is 0 Å². The van der Waals surface area contributed by atoms with Crippen LogP contribution in [0, 0.1) is 5.82 Å². The van der Waals surface area contributed by atoms with Gasteiger partial charge in [0.1, 0.15) is 11.9 Å². The number of alkyl halides is 1. The lowest BCUT2D eigenvalue weighted by Gasteiger charge is -2.20. The Balaban J connectivity index is 1.52. The molecule has 0 aromatic heterocycles. The molecule has 1 heterocycles. The molecule has 7 heteroatoms. The molecule has 2 aliphatic rings. The van der Waals surface area contributed by atoms with E-state index in [1.54, 1.807) is 12.1 Å². The third-order valence-electron chi connectivity index (χ3n) is 7.41. The van der Waals surface area contributed by atoms with Gasteiger partial charge in [-0.25, -0.2) is 4.39 Å². The summed E-state index contributed by atoms with van der Waals surface area (Å²) in [4.78, 5) is 2.25. The van der Waals surface area contributed by atoms with Gasteiger partial charge in [-0.05, 0) is 89.5 Å². The van der Waals surface area contributed by atoms with E-state index in [9.17, 15) is 13.9 Å². The van der Waals surface area contributed by atoms with Gasteiger partial charge in [0.05, 0.1) is 6.67 Å². The summed E-state index contributed by atoms with van der Waals surface area (Å²) in [5.74, 6) is -0.160. The van der Waals surface area contributed by atoms with Crippen molar-refractivity contribution in [1.82, 2.24) is 4.90 Å². The lowest BCUT2D eigenvalue weighted by atomic mass is 9.87. The first kappa shape index (κ1) is 25.7. The Morgan fingerprint density at radius 1 is 1.05 bits per heavy atom. The second kappa shape index (κ2) is 11.2. The summed E-state index contributed by atoms with van der Waals surface area (Å²) >= 11 is 0. The summed E-state index contributed by atoms with van der Waals surface area (Å²) in [5.41, 5.74) is 12.5. The number of likely N-dealkylation sites (tertiary alicyclic amines) is 1. The summed E-state index contributed by atoms with van der Waals surface area (Å²) in [6, 6.07) is 16.6. The summed E-state index contributed by atoms with van der Waals surface area (Å²) in [6.07, 6.45) is 3.96. The van der Waals surface area contributed by atoms with Gasteiger partial charge >= 0.3 is 0 Å². The number of benzene rings is 3. The summed E-state index contributed by atoms with van der Waals surface area (Å²) in [5, 5.41) is 11.6. The first-order valence-electron chi connectivity index (χ1n) is 12.9. The number of ether oxygens (including phenoxy) is 1. The number of anilines is 1. The molecule has 1 saturated heterocycles. The normalized spacial score (nSPS) is 18.1. The second-order valence-electron chi connectivity index (χ2n) is 9.83. The highest BCUT2D eigenvalue weighted by Gasteiger charge is 2.26. The molecule has 5 rings (SSSR count). The predicted molar refractivity (Wildman–Crippen MR) is 150 cm³/mol. The van der Waals surface area contributed by atoms with Crippen molar-refractivity contribution in [2.45, 2.75) is 38.2 Å². The second-order valence-corrected chi connectivity index (χ2v) is 10.4. The van der Waals surface area contributed by atoms with Crippen molar-refractivity contribution >= 4 is 31.4 Å². The summed E-state index contributed by atoms with van der Waals surface area (Å²) in [7, 11) is 2.77. The number of nitrogen functional groups attached to an aromatic ring is 1. The highest BCUT2D eigenvalue weighted by molar-refractivity contribution is 7.28. The van der Waals surface area contributed by atoms with Crippen LogP contribution in [0.5, 0.6) is 11.5 Å². The standard InChI is InChI=1S/C30H33F2N2O2P/c31-15-3-16-34-17-14-21(18-34)36-20-10-8-19(9-11-20)28-22(24-5-2-7-26(32)29(24)35)4-1-6-25-23(28)12-13-27(33)30(25)37/h2,5,7-13,21,35H,1,3-4,6,14-18,33,37H2. The van der Waals surface area contributed by atoms with Crippen LogP contribution in [0.4, 0.5) is 14.5 Å². The fraction of sp³-hybridized carbons (Fsp3) is 0.333. The van der Waals surface area contributed by atoms with Gasteiger partial charge in [-0.1, -0.05) is 30.3 Å². The van der Waals surface area contributed by atoms with Gasteiger partial charge in [-0.2, -0.15) is 0 Å². The van der Waals surface area contributed by atoms with Crippen molar-refractivity contribution in [3.63, 3.8) is 0 Å². The molecule has 194 valence electrons. The van der Waals surface area contributed by atoms with Crippen molar-refractivity contribution in [2.75, 3.05) is 32.0 Å². The van der Waals surface area contributed by atoms with E-state index in [1.807, 2.05) is 36.4 Å². The Morgan fingerprint density at radius 2 is 1.86 bits per heavy atom. The zero-order valence-corrected chi connectivity index (χ0v) is 22.0. The molecule has 0 spiro atoms. The average molecular weight is 523 g/mol. The Labute approximate surface area is 219 Å². The van der Waals surface area contributed by atoms with E-state index >= 15 is 0 Å². The van der Waals surface area contributed by atoms with E-state index in [0.717, 1.165) is 83.5 Å². The molecule has 0 saturated carbocycles. The van der Waals surface area contributed by atoms with Crippen molar-refractivity contribution in [1.29, 1.82) is 0 Å². The lowest BCUT2D eigenvalue weighted by molar-refractivity contribution is 0.198. The minimum Gasteiger partial charge on any atom is -0.504 e. The summed E-state index contributed by atoms with van der Waals surface area (Å²) in [6.45, 7) is 2.21. The molecule has 0 amide bonds. The van der Waals surface area contributed by atoms with Crippen molar-refractivity contribution in [3.8, 4) is 11.5 Å². The highest BCUT2D eigenvalue weighted by Crippen LogP contribution is 2.43. The van der Waals surface area contributed by atoms with Gasteiger partial charge in [-0.15, -0.1) is 9.24 Å². The van der Waals surface area contributed by atoms with E-state index in [1.165, 1.54) is 6.07 Å². The summed E-state index contributed by atoms with van der Waals surface area (Å²) < 4.78 is 33.2. The topological polar surface area (TPSA) is 58.7 Å². The number of phenols is 1. The maximum atomic E-state index is 14.4. The Morgan fingerprint density at radius 3 is 2.65 bits per heavy atom. The van der Waals surface area contributed by atoms with Crippen molar-refractivity contribution < 1.29 is 18.6 Å². The Hall–Kier alpha value is -2.95. The molecule has 1 aliphatic heterocycles. The molecule has 4 nitrogen and oxygen atoms in total. The quantitative estimate of drug-likeness (QED) is 0.308. The molecule has 0 bridgehead atoms. The molecule has 3 N–H and O–H groups in total. The molecular weight excluding hydrogens is 489 g/mol. The number of hydrogen-bond donors (Lipinski definition) is 2. The maximum Gasteiger partial charge on any atom is 0.165 e. The van der Waals surface area contributed by atoms with Crippen LogP contribution in [-0.4, -0.2) is 42.4 Å². The smallest absolute Gasteiger partial charge is 0.165 e. The first-order valence-corrected chi connectivity index (χ1v) is 13.5. The predicted octanol–water partition coefficient (Wildman–Crippen LogP) is 5.72. The minimum atomic E-state index is -0.626. The average Bonchev–Trinajstić information content (AvgIpc) is 3.25. The van der Waals surface area contributed by atoms with Crippen LogP contribution in [0.1, 0.15) is 47.9 Å². The van der Waals surface area contributed by atoms with Gasteiger partial charge < -0.3 is 15.6 Å². The van der Waals surface area contributed by atoms with Crippen LogP contribution >= 0.6 is 9.24 Å². The SMILES string of the molecule is Nc1ccc2c(c1P)CCCC(c1cccc(F)c1O)=C2c1ccc(OC2CCN(CCCF)C2)cc1.